The maximum absolute atomic E-state index is 12.6. The van der Waals surface area contributed by atoms with Crippen molar-refractivity contribution < 1.29 is 4.79 Å². The second kappa shape index (κ2) is 7.95. The Bertz CT molecular complexity index is 594. The number of nitrogens with zero attached hydrogens (tertiary/aromatic N) is 3. The molecule has 0 radical (unpaired) electrons. The smallest absolute Gasteiger partial charge is 0.223 e. The Hall–Kier alpha value is -2.10. The molecule has 1 aliphatic heterocycles. The summed E-state index contributed by atoms with van der Waals surface area (Å²) in [6.07, 6.45) is 11.6. The quantitative estimate of drug-likeness (QED) is 0.821. The van der Waals surface area contributed by atoms with Crippen molar-refractivity contribution in [3.8, 4) is 0 Å². The highest BCUT2D eigenvalue weighted by atomic mass is 16.2. The maximum atomic E-state index is 12.6. The third-order valence-corrected chi connectivity index (χ3v) is 4.70. The predicted octanol–water partition coefficient (Wildman–Crippen LogP) is 3.29. The molecule has 0 spiro atoms. The van der Waals surface area contributed by atoms with Crippen LogP contribution in [0.25, 0.3) is 0 Å². The topological polar surface area (TPSA) is 38.1 Å². The zero-order valence-electron chi connectivity index (χ0n) is 13.6. The summed E-state index contributed by atoms with van der Waals surface area (Å²) in [6.45, 7) is 1.86. The van der Waals surface area contributed by atoms with Gasteiger partial charge in [0.05, 0.1) is 6.33 Å². The molecule has 1 saturated heterocycles. The fourth-order valence-electron chi connectivity index (χ4n) is 3.39. The standard InChI is InChI=1S/C19H25N3O/c23-19(10-9-17-6-2-1-3-7-17)22-13-5-4-8-18(22)11-14-21-15-12-20-16-21/h1-3,6-7,12,15-16,18H,4-5,8-11,13-14H2. The number of aromatic nitrogens is 2. The first-order chi connectivity index (χ1) is 11.3. The van der Waals surface area contributed by atoms with Crippen LogP contribution < -0.4 is 0 Å². The molecule has 1 aromatic carbocycles. The molecule has 2 heterocycles. The Balaban J connectivity index is 1.53. The van der Waals surface area contributed by atoms with Crippen LogP contribution in [0.2, 0.25) is 0 Å². The molecule has 0 N–H and O–H groups in total. The fourth-order valence-corrected chi connectivity index (χ4v) is 3.39. The van der Waals surface area contributed by atoms with Crippen molar-refractivity contribution in [3.05, 3.63) is 54.6 Å². The number of carbonyl (C=O) groups excluding carboxylic acids is 1. The lowest BCUT2D eigenvalue weighted by molar-refractivity contribution is -0.135. The van der Waals surface area contributed by atoms with Gasteiger partial charge >= 0.3 is 0 Å². The lowest BCUT2D eigenvalue weighted by Gasteiger charge is -2.36. The van der Waals surface area contributed by atoms with Gasteiger partial charge in [-0.15, -0.1) is 0 Å². The molecule has 0 bridgehead atoms. The number of likely N-dealkylation sites (tertiary alicyclic amines) is 1. The van der Waals surface area contributed by atoms with Crippen LogP contribution in [0.15, 0.2) is 49.1 Å². The van der Waals surface area contributed by atoms with Gasteiger partial charge in [0.15, 0.2) is 0 Å². The normalized spacial score (nSPS) is 18.1. The van der Waals surface area contributed by atoms with Crippen LogP contribution >= 0.6 is 0 Å². The third kappa shape index (κ3) is 4.44. The number of benzene rings is 1. The van der Waals surface area contributed by atoms with E-state index in [0.29, 0.717) is 18.4 Å². The molecule has 4 nitrogen and oxygen atoms in total. The SMILES string of the molecule is O=C(CCc1ccccc1)N1CCCCC1CCn1ccnc1. The van der Waals surface area contributed by atoms with E-state index in [4.69, 9.17) is 0 Å². The van der Waals surface area contributed by atoms with E-state index in [-0.39, 0.29) is 0 Å². The largest absolute Gasteiger partial charge is 0.340 e. The van der Waals surface area contributed by atoms with E-state index in [0.717, 1.165) is 38.8 Å². The summed E-state index contributed by atoms with van der Waals surface area (Å²) in [6, 6.07) is 10.7. The molecule has 2 aromatic rings. The zero-order chi connectivity index (χ0) is 15.9. The summed E-state index contributed by atoms with van der Waals surface area (Å²) in [4.78, 5) is 18.9. The van der Waals surface area contributed by atoms with Crippen molar-refractivity contribution >= 4 is 5.91 Å². The molecular formula is C19H25N3O. The first-order valence-electron chi connectivity index (χ1n) is 8.62. The molecular weight excluding hydrogens is 286 g/mol. The van der Waals surface area contributed by atoms with Crippen molar-refractivity contribution in [2.75, 3.05) is 6.54 Å². The number of piperidine rings is 1. The minimum absolute atomic E-state index is 0.309. The van der Waals surface area contributed by atoms with E-state index < -0.39 is 0 Å². The highest BCUT2D eigenvalue weighted by Crippen LogP contribution is 2.21. The van der Waals surface area contributed by atoms with Gasteiger partial charge in [0.1, 0.15) is 0 Å². The van der Waals surface area contributed by atoms with E-state index in [1.807, 2.05) is 36.9 Å². The summed E-state index contributed by atoms with van der Waals surface area (Å²) in [5, 5.41) is 0. The fraction of sp³-hybridized carbons (Fsp3) is 0.474. The average molecular weight is 311 g/mol. The van der Waals surface area contributed by atoms with Gasteiger partial charge in [-0.1, -0.05) is 30.3 Å². The Labute approximate surface area is 138 Å². The highest BCUT2D eigenvalue weighted by molar-refractivity contribution is 5.76. The summed E-state index contributed by atoms with van der Waals surface area (Å²) >= 11 is 0. The minimum atomic E-state index is 0.309. The number of hydrogen-bond acceptors (Lipinski definition) is 2. The summed E-state index contributed by atoms with van der Waals surface area (Å²) in [5.41, 5.74) is 1.24. The van der Waals surface area contributed by atoms with Gasteiger partial charge in [0.25, 0.3) is 0 Å². The Morgan fingerprint density at radius 1 is 1.22 bits per heavy atom. The van der Waals surface area contributed by atoms with Crippen LogP contribution in [0.4, 0.5) is 0 Å². The van der Waals surface area contributed by atoms with Crippen LogP contribution in [0.5, 0.6) is 0 Å². The van der Waals surface area contributed by atoms with Crippen molar-refractivity contribution in [3.63, 3.8) is 0 Å². The monoisotopic (exact) mass is 311 g/mol. The number of amides is 1. The van der Waals surface area contributed by atoms with Gasteiger partial charge in [0, 0.05) is 37.9 Å². The lowest BCUT2D eigenvalue weighted by atomic mass is 9.98. The van der Waals surface area contributed by atoms with E-state index in [1.54, 1.807) is 0 Å². The molecule has 1 amide bonds. The van der Waals surface area contributed by atoms with Gasteiger partial charge < -0.3 is 9.47 Å². The van der Waals surface area contributed by atoms with Gasteiger partial charge in [-0.2, -0.15) is 0 Å². The molecule has 1 aliphatic rings. The Morgan fingerprint density at radius 3 is 2.87 bits per heavy atom. The van der Waals surface area contributed by atoms with Gasteiger partial charge in [0.2, 0.25) is 5.91 Å². The van der Waals surface area contributed by atoms with Crippen molar-refractivity contribution in [2.24, 2.45) is 0 Å². The minimum Gasteiger partial charge on any atom is -0.340 e. The number of rotatable bonds is 6. The molecule has 1 fully saturated rings. The molecule has 1 atom stereocenters. The van der Waals surface area contributed by atoms with Crippen LogP contribution in [0.3, 0.4) is 0 Å². The highest BCUT2D eigenvalue weighted by Gasteiger charge is 2.25. The number of carbonyl (C=O) groups is 1. The van der Waals surface area contributed by atoms with E-state index >= 15 is 0 Å². The third-order valence-electron chi connectivity index (χ3n) is 4.70. The molecule has 23 heavy (non-hydrogen) atoms. The maximum Gasteiger partial charge on any atom is 0.223 e. The van der Waals surface area contributed by atoms with Crippen LogP contribution in [-0.2, 0) is 17.8 Å². The Kier molecular flexibility index (Phi) is 5.46. The van der Waals surface area contributed by atoms with Crippen molar-refractivity contribution in [1.82, 2.24) is 14.5 Å². The van der Waals surface area contributed by atoms with Crippen molar-refractivity contribution in [2.45, 2.75) is 51.1 Å². The van der Waals surface area contributed by atoms with E-state index in [2.05, 4.69) is 26.6 Å². The molecule has 0 aliphatic carbocycles. The van der Waals surface area contributed by atoms with E-state index in [1.165, 1.54) is 12.0 Å². The lowest BCUT2D eigenvalue weighted by Crippen LogP contribution is -2.44. The first kappa shape index (κ1) is 15.8. The molecule has 4 heteroatoms. The molecule has 3 rings (SSSR count). The van der Waals surface area contributed by atoms with Crippen LogP contribution in [0.1, 0.15) is 37.7 Å². The van der Waals surface area contributed by atoms with Crippen LogP contribution in [-0.4, -0.2) is 32.9 Å². The number of hydrogen-bond donors (Lipinski definition) is 0. The average Bonchev–Trinajstić information content (AvgIpc) is 3.12. The first-order valence-corrected chi connectivity index (χ1v) is 8.62. The van der Waals surface area contributed by atoms with Gasteiger partial charge in [-0.3, -0.25) is 4.79 Å². The number of aryl methyl sites for hydroxylation is 2. The molecule has 1 unspecified atom stereocenters. The summed E-state index contributed by atoms with van der Waals surface area (Å²) in [7, 11) is 0. The summed E-state index contributed by atoms with van der Waals surface area (Å²) in [5.74, 6) is 0.309. The summed E-state index contributed by atoms with van der Waals surface area (Å²) < 4.78 is 2.10. The molecule has 122 valence electrons. The van der Waals surface area contributed by atoms with E-state index in [9.17, 15) is 4.79 Å². The van der Waals surface area contributed by atoms with Gasteiger partial charge in [-0.25, -0.2) is 4.98 Å². The van der Waals surface area contributed by atoms with Crippen LogP contribution in [0, 0.1) is 0 Å². The van der Waals surface area contributed by atoms with Gasteiger partial charge in [-0.05, 0) is 37.7 Å². The second-order valence-corrected chi connectivity index (χ2v) is 6.31. The van der Waals surface area contributed by atoms with Crippen molar-refractivity contribution in [1.29, 1.82) is 0 Å². The molecule has 0 saturated carbocycles. The molecule has 1 aromatic heterocycles. The Morgan fingerprint density at radius 2 is 2.09 bits per heavy atom. The predicted molar refractivity (Wildman–Crippen MR) is 91.0 cm³/mol. The second-order valence-electron chi connectivity index (χ2n) is 6.31. The number of imidazole rings is 1. The zero-order valence-corrected chi connectivity index (χ0v) is 13.6.